The van der Waals surface area contributed by atoms with E-state index in [0.717, 1.165) is 11.1 Å². The van der Waals surface area contributed by atoms with Gasteiger partial charge in [0.05, 0.1) is 26.3 Å². The quantitative estimate of drug-likeness (QED) is 0.634. The van der Waals surface area contributed by atoms with Crippen molar-refractivity contribution in [2.24, 2.45) is 0 Å². The highest BCUT2D eigenvalue weighted by Crippen LogP contribution is 2.52. The molecule has 0 saturated carbocycles. The fourth-order valence-corrected chi connectivity index (χ4v) is 5.71. The molecule has 4 rings (SSSR count). The number of fused-ring (bicyclic) bond motifs is 4. The van der Waals surface area contributed by atoms with Gasteiger partial charge in [0.25, 0.3) is 0 Å². The van der Waals surface area contributed by atoms with Crippen molar-refractivity contribution in [1.29, 1.82) is 0 Å². The molecule has 2 bridgehead atoms. The molecule has 1 amide bonds. The third kappa shape index (κ3) is 3.40. The second-order valence-corrected chi connectivity index (χ2v) is 9.93. The van der Waals surface area contributed by atoms with Crippen LogP contribution in [-0.2, 0) is 21.3 Å². The molecule has 2 atom stereocenters. The number of rotatable bonds is 5. The van der Waals surface area contributed by atoms with Crippen molar-refractivity contribution in [1.82, 2.24) is 9.80 Å². The van der Waals surface area contributed by atoms with Crippen LogP contribution in [0.15, 0.2) is 29.2 Å². The van der Waals surface area contributed by atoms with E-state index >= 15 is 0 Å². The summed E-state index contributed by atoms with van der Waals surface area (Å²) >= 11 is 0. The van der Waals surface area contributed by atoms with Crippen LogP contribution in [0.25, 0.3) is 0 Å². The molecule has 8 nitrogen and oxygen atoms in total. The Morgan fingerprint density at radius 2 is 1.56 bits per heavy atom. The minimum atomic E-state index is -4.10. The first kappa shape index (κ1) is 22.4. The maximum atomic E-state index is 13.2. The lowest BCUT2D eigenvalue weighted by atomic mass is 9.82. The van der Waals surface area contributed by atoms with Crippen molar-refractivity contribution in [2.45, 2.75) is 37.2 Å². The molecule has 2 aliphatic heterocycles. The highest BCUT2D eigenvalue weighted by atomic mass is 32.2. The van der Waals surface area contributed by atoms with E-state index in [1.807, 2.05) is 18.9 Å². The van der Waals surface area contributed by atoms with Gasteiger partial charge in [-0.1, -0.05) is 17.7 Å². The normalized spacial score (nSPS) is 20.7. The maximum absolute atomic E-state index is 13.2. The summed E-state index contributed by atoms with van der Waals surface area (Å²) in [4.78, 5) is 16.6. The lowest BCUT2D eigenvalue weighted by Gasteiger charge is -2.48. The predicted molar refractivity (Wildman–Crippen MR) is 119 cm³/mol. The van der Waals surface area contributed by atoms with Crippen LogP contribution in [0.5, 0.6) is 17.2 Å². The topological polar surface area (TPSA) is 85.4 Å². The number of nitrogens with zero attached hydrogens (tertiary/aromatic N) is 2. The number of carbonyl (C=O) groups is 1. The molecule has 2 unspecified atom stereocenters. The van der Waals surface area contributed by atoms with Crippen LogP contribution >= 0.6 is 0 Å². The fraction of sp³-hybridized carbons (Fsp3) is 0.435. The second-order valence-electron chi connectivity index (χ2n) is 8.38. The van der Waals surface area contributed by atoms with E-state index in [1.54, 1.807) is 38.1 Å². The van der Waals surface area contributed by atoms with Gasteiger partial charge in [-0.2, -0.15) is 8.42 Å². The number of hydrogen-bond donors (Lipinski definition) is 0. The van der Waals surface area contributed by atoms with Crippen LogP contribution in [0.3, 0.4) is 0 Å². The average molecular weight is 461 g/mol. The Kier molecular flexibility index (Phi) is 5.58. The molecule has 0 spiro atoms. The largest absolute Gasteiger partial charge is 0.492 e. The third-order valence-corrected chi connectivity index (χ3v) is 7.70. The molecular weight excluding hydrogens is 432 g/mol. The van der Waals surface area contributed by atoms with Gasteiger partial charge in [0.1, 0.15) is 4.90 Å². The van der Waals surface area contributed by atoms with Crippen molar-refractivity contribution >= 4 is 16.0 Å². The van der Waals surface area contributed by atoms with Crippen LogP contribution in [0.1, 0.15) is 28.3 Å². The lowest BCUT2D eigenvalue weighted by molar-refractivity contribution is -0.143. The zero-order valence-electron chi connectivity index (χ0n) is 19.1. The average Bonchev–Trinajstić information content (AvgIpc) is 2.75. The van der Waals surface area contributed by atoms with Gasteiger partial charge < -0.3 is 18.6 Å². The van der Waals surface area contributed by atoms with Crippen LogP contribution in [0.2, 0.25) is 0 Å². The Bertz CT molecular complexity index is 1180. The number of aryl methyl sites for hydroxylation is 1. The number of benzene rings is 2. The van der Waals surface area contributed by atoms with Crippen molar-refractivity contribution < 1.29 is 26.9 Å². The summed E-state index contributed by atoms with van der Waals surface area (Å²) in [6, 6.07) is 5.90. The highest BCUT2D eigenvalue weighted by molar-refractivity contribution is 7.87. The highest BCUT2D eigenvalue weighted by Gasteiger charge is 2.46. The van der Waals surface area contributed by atoms with Gasteiger partial charge >= 0.3 is 10.1 Å². The number of methoxy groups -OCH3 is 2. The summed E-state index contributed by atoms with van der Waals surface area (Å²) in [7, 11) is 2.65. The number of amides is 1. The summed E-state index contributed by atoms with van der Waals surface area (Å²) < 4.78 is 43.4. The minimum Gasteiger partial charge on any atom is -0.492 e. The number of carbonyl (C=O) groups excluding carboxylic acids is 1. The standard InChI is InChI=1S/C23H28N2O6S/c1-13-7-9-15(10-8-13)32(27,28)31-20-14(2)21(29-5)22(30-6)19-16(20)11-17-23(26)24(3)12-18(19)25(17)4/h7-10,17-18H,11-12H2,1-6H3. The monoisotopic (exact) mass is 460 g/mol. The zero-order chi connectivity index (χ0) is 23.4. The molecule has 2 aromatic rings. The first-order valence-electron chi connectivity index (χ1n) is 10.4. The summed E-state index contributed by atoms with van der Waals surface area (Å²) in [6.07, 6.45) is 0.311. The summed E-state index contributed by atoms with van der Waals surface area (Å²) in [5, 5.41) is 0. The smallest absolute Gasteiger partial charge is 0.339 e. The predicted octanol–water partition coefficient (Wildman–Crippen LogP) is 2.46. The molecule has 0 aliphatic carbocycles. The molecule has 172 valence electrons. The molecular formula is C23H28N2O6S. The van der Waals surface area contributed by atoms with E-state index in [9.17, 15) is 13.2 Å². The van der Waals surface area contributed by atoms with Crippen molar-refractivity contribution in [2.75, 3.05) is 34.9 Å². The maximum Gasteiger partial charge on any atom is 0.339 e. The summed E-state index contributed by atoms with van der Waals surface area (Å²) in [6.45, 7) is 4.07. The van der Waals surface area contributed by atoms with E-state index in [-0.39, 0.29) is 22.6 Å². The van der Waals surface area contributed by atoms with E-state index in [0.29, 0.717) is 35.6 Å². The first-order valence-corrected chi connectivity index (χ1v) is 11.8. The van der Waals surface area contributed by atoms with E-state index in [4.69, 9.17) is 13.7 Å². The van der Waals surface area contributed by atoms with Gasteiger partial charge in [-0.3, -0.25) is 9.69 Å². The van der Waals surface area contributed by atoms with Gasteiger partial charge in [-0.05, 0) is 33.0 Å². The lowest BCUT2D eigenvalue weighted by Crippen LogP contribution is -2.58. The zero-order valence-corrected chi connectivity index (χ0v) is 19.9. The minimum absolute atomic E-state index is 0.00539. The number of likely N-dealkylation sites (N-methyl/N-ethyl adjacent to an activating group) is 2. The van der Waals surface area contributed by atoms with Crippen molar-refractivity contribution in [3.8, 4) is 17.2 Å². The number of ether oxygens (including phenoxy) is 2. The van der Waals surface area contributed by atoms with Crippen molar-refractivity contribution in [3.63, 3.8) is 0 Å². The Morgan fingerprint density at radius 1 is 0.938 bits per heavy atom. The van der Waals surface area contributed by atoms with Gasteiger partial charge in [-0.15, -0.1) is 0 Å². The number of piperazine rings is 1. The van der Waals surface area contributed by atoms with E-state index < -0.39 is 16.2 Å². The van der Waals surface area contributed by atoms with E-state index in [2.05, 4.69) is 0 Å². The third-order valence-electron chi connectivity index (χ3n) is 6.46. The van der Waals surface area contributed by atoms with Gasteiger partial charge in [0, 0.05) is 36.7 Å². The van der Waals surface area contributed by atoms with Gasteiger partial charge in [0.15, 0.2) is 17.2 Å². The molecule has 1 fully saturated rings. The summed E-state index contributed by atoms with van der Waals surface area (Å²) in [5.74, 6) is 1.16. The van der Waals surface area contributed by atoms with E-state index in [1.165, 1.54) is 19.2 Å². The van der Waals surface area contributed by atoms with Gasteiger partial charge in [0.2, 0.25) is 5.91 Å². The number of hydrogen-bond acceptors (Lipinski definition) is 7. The summed E-state index contributed by atoms with van der Waals surface area (Å²) in [5.41, 5.74) is 2.93. The molecule has 2 aromatic carbocycles. The molecule has 0 radical (unpaired) electrons. The second kappa shape index (κ2) is 7.97. The molecule has 1 saturated heterocycles. The van der Waals surface area contributed by atoms with Gasteiger partial charge in [-0.25, -0.2) is 0 Å². The SMILES string of the molecule is COc1c(C)c(OS(=O)(=O)c2ccc(C)cc2)c2c(c1OC)C1CN(C)C(=O)C(C2)N1C. The Labute approximate surface area is 188 Å². The molecule has 2 aliphatic rings. The van der Waals surface area contributed by atoms with Crippen LogP contribution in [0.4, 0.5) is 0 Å². The van der Waals surface area contributed by atoms with Crippen LogP contribution in [0, 0.1) is 13.8 Å². The fourth-order valence-electron chi connectivity index (χ4n) is 4.70. The first-order chi connectivity index (χ1) is 15.1. The van der Waals surface area contributed by atoms with Crippen LogP contribution in [-0.4, -0.2) is 65.0 Å². The molecule has 32 heavy (non-hydrogen) atoms. The Balaban J connectivity index is 1.93. The molecule has 9 heteroatoms. The van der Waals surface area contributed by atoms with Crippen molar-refractivity contribution in [3.05, 3.63) is 46.5 Å². The molecule has 2 heterocycles. The Morgan fingerprint density at radius 3 is 2.16 bits per heavy atom. The van der Waals surface area contributed by atoms with Crippen LogP contribution < -0.4 is 13.7 Å². The molecule has 0 N–H and O–H groups in total. The molecule has 0 aromatic heterocycles. The Hall–Kier alpha value is -2.78.